The Balaban J connectivity index is 1.60. The lowest BCUT2D eigenvalue weighted by Crippen LogP contribution is -2.31. The Kier molecular flexibility index (Phi) is 6.46. The average Bonchev–Trinajstić information content (AvgIpc) is 2.95. The van der Waals surface area contributed by atoms with E-state index in [2.05, 4.69) is 5.32 Å². The standard InChI is InChI=1S/C21H18N2O4S2/c1-13-5-7-14(8-6-13)11-17-19(25)23(21(28)29-17)10-9-18(24)22-16-4-2-3-15(12-16)20(26)27/h2-8,11-12H,9-10H2,1H3,(H,22,24)(H,26,27)/b17-11+. The molecular weight excluding hydrogens is 408 g/mol. The number of hydrogen-bond acceptors (Lipinski definition) is 5. The molecule has 0 atom stereocenters. The van der Waals surface area contributed by atoms with E-state index in [0.29, 0.717) is 14.9 Å². The Hall–Kier alpha value is -2.97. The summed E-state index contributed by atoms with van der Waals surface area (Å²) in [5.74, 6) is -1.62. The highest BCUT2D eigenvalue weighted by Crippen LogP contribution is 2.32. The number of thiocarbonyl (C=S) groups is 1. The third kappa shape index (κ3) is 5.30. The molecule has 0 bridgehead atoms. The molecule has 3 rings (SSSR count). The molecule has 1 fully saturated rings. The van der Waals surface area contributed by atoms with Crippen LogP contribution in [0.5, 0.6) is 0 Å². The van der Waals surface area contributed by atoms with E-state index in [4.69, 9.17) is 17.3 Å². The van der Waals surface area contributed by atoms with Gasteiger partial charge in [0, 0.05) is 18.7 Å². The van der Waals surface area contributed by atoms with Crippen LogP contribution in [0.2, 0.25) is 0 Å². The van der Waals surface area contributed by atoms with E-state index in [1.807, 2.05) is 31.2 Å². The van der Waals surface area contributed by atoms with Crippen LogP contribution in [-0.2, 0) is 9.59 Å². The maximum atomic E-state index is 12.6. The molecule has 0 aromatic heterocycles. The van der Waals surface area contributed by atoms with Gasteiger partial charge in [-0.05, 0) is 36.8 Å². The fraction of sp³-hybridized carbons (Fsp3) is 0.143. The second-order valence-corrected chi connectivity index (χ2v) is 8.10. The minimum atomic E-state index is -1.07. The van der Waals surface area contributed by atoms with Crippen LogP contribution in [0.3, 0.4) is 0 Å². The topological polar surface area (TPSA) is 86.7 Å². The average molecular weight is 427 g/mol. The van der Waals surface area contributed by atoms with Crippen molar-refractivity contribution in [1.29, 1.82) is 0 Å². The molecule has 1 saturated heterocycles. The fourth-order valence-corrected chi connectivity index (χ4v) is 3.98. The summed E-state index contributed by atoms with van der Waals surface area (Å²) in [6.07, 6.45) is 1.83. The monoisotopic (exact) mass is 426 g/mol. The molecule has 2 amide bonds. The van der Waals surface area contributed by atoms with E-state index in [0.717, 1.165) is 11.1 Å². The quantitative estimate of drug-likeness (QED) is 0.538. The summed E-state index contributed by atoms with van der Waals surface area (Å²) in [5.41, 5.74) is 2.52. The van der Waals surface area contributed by atoms with Crippen molar-refractivity contribution in [3.8, 4) is 0 Å². The Bertz CT molecular complexity index is 1020. The van der Waals surface area contributed by atoms with Crippen molar-refractivity contribution < 1.29 is 19.5 Å². The van der Waals surface area contributed by atoms with Crippen molar-refractivity contribution in [2.24, 2.45) is 0 Å². The number of rotatable bonds is 6. The van der Waals surface area contributed by atoms with Crippen molar-refractivity contribution in [3.05, 3.63) is 70.1 Å². The zero-order valence-electron chi connectivity index (χ0n) is 15.5. The summed E-state index contributed by atoms with van der Waals surface area (Å²) in [7, 11) is 0. The molecule has 8 heteroatoms. The molecule has 148 valence electrons. The third-order valence-electron chi connectivity index (χ3n) is 4.20. The van der Waals surface area contributed by atoms with Gasteiger partial charge in [-0.2, -0.15) is 0 Å². The first-order valence-electron chi connectivity index (χ1n) is 8.79. The Labute approximate surface area is 177 Å². The second kappa shape index (κ2) is 9.02. The number of aryl methyl sites for hydroxylation is 1. The summed E-state index contributed by atoms with van der Waals surface area (Å²) < 4.78 is 0.411. The Morgan fingerprint density at radius 2 is 1.93 bits per heavy atom. The summed E-state index contributed by atoms with van der Waals surface area (Å²) in [5, 5.41) is 11.7. The van der Waals surface area contributed by atoms with Gasteiger partial charge in [-0.3, -0.25) is 14.5 Å². The maximum absolute atomic E-state index is 12.6. The molecule has 1 aliphatic heterocycles. The van der Waals surface area contributed by atoms with Crippen LogP contribution in [0.4, 0.5) is 5.69 Å². The van der Waals surface area contributed by atoms with E-state index in [1.54, 1.807) is 18.2 Å². The third-order valence-corrected chi connectivity index (χ3v) is 5.58. The maximum Gasteiger partial charge on any atom is 0.335 e. The van der Waals surface area contributed by atoms with Gasteiger partial charge < -0.3 is 10.4 Å². The number of nitrogens with zero attached hydrogens (tertiary/aromatic N) is 1. The zero-order valence-corrected chi connectivity index (χ0v) is 17.2. The normalized spacial score (nSPS) is 15.1. The minimum absolute atomic E-state index is 0.0432. The molecule has 0 spiro atoms. The van der Waals surface area contributed by atoms with Crippen molar-refractivity contribution in [1.82, 2.24) is 4.90 Å². The van der Waals surface area contributed by atoms with Gasteiger partial charge >= 0.3 is 5.97 Å². The summed E-state index contributed by atoms with van der Waals surface area (Å²) in [6, 6.07) is 13.8. The first-order valence-corrected chi connectivity index (χ1v) is 10.0. The Morgan fingerprint density at radius 3 is 2.62 bits per heavy atom. The van der Waals surface area contributed by atoms with Gasteiger partial charge in [0.2, 0.25) is 5.91 Å². The number of thioether (sulfide) groups is 1. The molecule has 2 aromatic carbocycles. The molecule has 0 radical (unpaired) electrons. The lowest BCUT2D eigenvalue weighted by atomic mass is 10.1. The zero-order chi connectivity index (χ0) is 21.0. The van der Waals surface area contributed by atoms with Gasteiger partial charge in [0.1, 0.15) is 4.32 Å². The molecular formula is C21H18N2O4S2. The van der Waals surface area contributed by atoms with Crippen molar-refractivity contribution in [2.45, 2.75) is 13.3 Å². The lowest BCUT2D eigenvalue weighted by Gasteiger charge is -2.14. The molecule has 6 nitrogen and oxygen atoms in total. The van der Waals surface area contributed by atoms with E-state index >= 15 is 0 Å². The van der Waals surface area contributed by atoms with Crippen molar-refractivity contribution >= 4 is 57.8 Å². The number of anilines is 1. The van der Waals surface area contributed by atoms with E-state index in [9.17, 15) is 14.4 Å². The van der Waals surface area contributed by atoms with Crippen LogP contribution in [-0.4, -0.2) is 38.7 Å². The first kappa shape index (κ1) is 20.8. The number of carbonyl (C=O) groups is 3. The number of carboxylic acids is 1. The van der Waals surface area contributed by atoms with E-state index in [1.165, 1.54) is 28.8 Å². The van der Waals surface area contributed by atoms with E-state index < -0.39 is 5.97 Å². The van der Waals surface area contributed by atoms with Crippen LogP contribution in [0, 0.1) is 6.92 Å². The molecule has 29 heavy (non-hydrogen) atoms. The van der Waals surface area contributed by atoms with Crippen LogP contribution in [0.1, 0.15) is 27.9 Å². The lowest BCUT2D eigenvalue weighted by molar-refractivity contribution is -0.122. The molecule has 2 aromatic rings. The first-order chi connectivity index (χ1) is 13.8. The van der Waals surface area contributed by atoms with Gasteiger partial charge in [0.05, 0.1) is 10.5 Å². The number of nitrogens with one attached hydrogen (secondary N) is 1. The highest BCUT2D eigenvalue weighted by Gasteiger charge is 2.32. The molecule has 0 aliphatic carbocycles. The molecule has 0 saturated carbocycles. The van der Waals surface area contributed by atoms with Crippen molar-refractivity contribution in [3.63, 3.8) is 0 Å². The number of aromatic carboxylic acids is 1. The molecule has 0 unspecified atom stereocenters. The van der Waals surface area contributed by atoms with Gasteiger partial charge in [0.25, 0.3) is 5.91 Å². The predicted octanol–water partition coefficient (Wildman–Crippen LogP) is 3.92. The van der Waals surface area contributed by atoms with Gasteiger partial charge in [0.15, 0.2) is 0 Å². The minimum Gasteiger partial charge on any atom is -0.478 e. The number of amides is 2. The van der Waals surface area contributed by atoms with Gasteiger partial charge in [-0.25, -0.2) is 4.79 Å². The SMILES string of the molecule is Cc1ccc(/C=C2/SC(=S)N(CCC(=O)Nc3cccc(C(=O)O)c3)C2=O)cc1. The number of hydrogen-bond donors (Lipinski definition) is 2. The van der Waals surface area contributed by atoms with E-state index in [-0.39, 0.29) is 30.3 Å². The Morgan fingerprint density at radius 1 is 1.21 bits per heavy atom. The van der Waals surface area contributed by atoms with Crippen LogP contribution >= 0.6 is 24.0 Å². The molecule has 2 N–H and O–H groups in total. The summed E-state index contributed by atoms with van der Waals surface area (Å²) in [6.45, 7) is 2.15. The van der Waals surface area contributed by atoms with Crippen LogP contribution in [0.15, 0.2) is 53.4 Å². The summed E-state index contributed by atoms with van der Waals surface area (Å²) >= 11 is 6.50. The second-order valence-electron chi connectivity index (χ2n) is 6.43. The number of carbonyl (C=O) groups excluding carboxylic acids is 2. The highest BCUT2D eigenvalue weighted by atomic mass is 32.2. The van der Waals surface area contributed by atoms with Gasteiger partial charge in [-0.15, -0.1) is 0 Å². The smallest absolute Gasteiger partial charge is 0.335 e. The molecule has 1 aliphatic rings. The highest BCUT2D eigenvalue weighted by molar-refractivity contribution is 8.26. The van der Waals surface area contributed by atoms with Crippen LogP contribution in [0.25, 0.3) is 6.08 Å². The van der Waals surface area contributed by atoms with Crippen LogP contribution < -0.4 is 5.32 Å². The summed E-state index contributed by atoms with van der Waals surface area (Å²) in [4.78, 5) is 37.8. The van der Waals surface area contributed by atoms with Gasteiger partial charge in [-0.1, -0.05) is 59.9 Å². The molecule has 1 heterocycles. The number of carboxylic acid groups (broad SMARTS) is 1. The predicted molar refractivity (Wildman–Crippen MR) is 118 cm³/mol. The number of benzene rings is 2. The fourth-order valence-electron chi connectivity index (χ4n) is 2.67. The largest absolute Gasteiger partial charge is 0.478 e. The van der Waals surface area contributed by atoms with Crippen molar-refractivity contribution in [2.75, 3.05) is 11.9 Å².